The van der Waals surface area contributed by atoms with E-state index in [0.717, 1.165) is 0 Å². The molecule has 1 aliphatic rings. The van der Waals surface area contributed by atoms with Gasteiger partial charge in [-0.3, -0.25) is 0 Å². The molecule has 0 radical (unpaired) electrons. The van der Waals surface area contributed by atoms with Crippen LogP contribution in [0.3, 0.4) is 0 Å². The summed E-state index contributed by atoms with van der Waals surface area (Å²) in [4.78, 5) is 0. The Labute approximate surface area is 81.8 Å². The van der Waals surface area contributed by atoms with Crippen molar-refractivity contribution >= 4 is 0 Å². The van der Waals surface area contributed by atoms with Gasteiger partial charge >= 0.3 is 0 Å². The molecular weight excluding hydrogens is 190 g/mol. The predicted molar refractivity (Wildman–Crippen MR) is 47.5 cm³/mol. The Hall–Kier alpha value is -0.240. The number of aliphatic hydroxyl groups is 5. The quantitative estimate of drug-likeness (QED) is 0.282. The summed E-state index contributed by atoms with van der Waals surface area (Å²) in [7, 11) is 1.55. The van der Waals surface area contributed by atoms with Gasteiger partial charge in [0.2, 0.25) is 0 Å². The Balaban J connectivity index is 2.84. The maximum absolute atomic E-state index is 9.53. The second-order valence-electron chi connectivity index (χ2n) is 3.62. The summed E-state index contributed by atoms with van der Waals surface area (Å²) in [6, 6.07) is -0.631. The van der Waals surface area contributed by atoms with Crippen molar-refractivity contribution in [2.24, 2.45) is 5.92 Å². The van der Waals surface area contributed by atoms with E-state index in [1.807, 2.05) is 0 Å². The van der Waals surface area contributed by atoms with Crippen LogP contribution in [0.4, 0.5) is 0 Å². The molecule has 1 aliphatic carbocycles. The van der Waals surface area contributed by atoms with Crippen molar-refractivity contribution in [1.29, 1.82) is 0 Å². The van der Waals surface area contributed by atoms with Gasteiger partial charge in [-0.2, -0.15) is 0 Å². The van der Waals surface area contributed by atoms with Crippen LogP contribution in [-0.2, 0) is 0 Å². The Kier molecular flexibility index (Phi) is 3.82. The van der Waals surface area contributed by atoms with Crippen molar-refractivity contribution in [2.75, 3.05) is 13.7 Å². The van der Waals surface area contributed by atoms with Crippen molar-refractivity contribution in [3.8, 4) is 0 Å². The summed E-state index contributed by atoms with van der Waals surface area (Å²) < 4.78 is 0. The van der Waals surface area contributed by atoms with Gasteiger partial charge in [0.05, 0.1) is 18.8 Å². The Morgan fingerprint density at radius 2 is 1.43 bits per heavy atom. The van der Waals surface area contributed by atoms with E-state index in [1.54, 1.807) is 7.05 Å². The lowest BCUT2D eigenvalue weighted by molar-refractivity contribution is -0.175. The molecule has 0 amide bonds. The summed E-state index contributed by atoms with van der Waals surface area (Å²) in [5.41, 5.74) is 0. The highest BCUT2D eigenvalue weighted by Gasteiger charge is 2.47. The molecule has 0 aromatic heterocycles. The minimum atomic E-state index is -1.42. The summed E-state index contributed by atoms with van der Waals surface area (Å²) in [5, 5.41) is 49.4. The number of rotatable bonds is 2. The fourth-order valence-electron chi connectivity index (χ4n) is 1.94. The highest BCUT2D eigenvalue weighted by molar-refractivity contribution is 5.00. The minimum Gasteiger partial charge on any atom is -0.396 e. The first-order valence-electron chi connectivity index (χ1n) is 4.55. The Morgan fingerprint density at radius 3 is 1.86 bits per heavy atom. The van der Waals surface area contributed by atoms with E-state index >= 15 is 0 Å². The van der Waals surface area contributed by atoms with Gasteiger partial charge in [0, 0.05) is 12.0 Å². The third-order valence-electron chi connectivity index (χ3n) is 2.86. The minimum absolute atomic E-state index is 0.368. The zero-order valence-electron chi connectivity index (χ0n) is 7.91. The number of hydrogen-bond acceptors (Lipinski definition) is 6. The molecule has 1 saturated carbocycles. The molecule has 6 N–H and O–H groups in total. The molecular formula is C8H17NO5. The third-order valence-corrected chi connectivity index (χ3v) is 2.86. The second kappa shape index (κ2) is 4.52. The molecule has 1 fully saturated rings. The molecule has 0 aromatic carbocycles. The van der Waals surface area contributed by atoms with E-state index in [4.69, 9.17) is 5.11 Å². The highest BCUT2D eigenvalue weighted by atomic mass is 16.4. The normalized spacial score (nSPS) is 49.3. The average Bonchev–Trinajstić information content (AvgIpc) is 2.20. The van der Waals surface area contributed by atoms with Crippen molar-refractivity contribution in [3.05, 3.63) is 0 Å². The van der Waals surface area contributed by atoms with Gasteiger partial charge in [0.25, 0.3) is 0 Å². The zero-order valence-corrected chi connectivity index (χ0v) is 7.91. The predicted octanol–water partition coefficient (Wildman–Crippen LogP) is -3.36. The molecule has 6 atom stereocenters. The maximum Gasteiger partial charge on any atom is 0.110 e. The van der Waals surface area contributed by atoms with Crippen LogP contribution >= 0.6 is 0 Å². The van der Waals surface area contributed by atoms with Gasteiger partial charge in [0.15, 0.2) is 0 Å². The zero-order chi connectivity index (χ0) is 10.9. The first-order valence-corrected chi connectivity index (χ1v) is 4.55. The standard InChI is InChI=1S/C8H17NO5/c1-9-4-3(2-10)5(11)7(13)8(14)6(4)12/h3-14H,2H2,1H3. The van der Waals surface area contributed by atoms with E-state index in [2.05, 4.69) is 5.32 Å². The van der Waals surface area contributed by atoms with E-state index in [-0.39, 0.29) is 6.61 Å². The molecule has 6 unspecified atom stereocenters. The van der Waals surface area contributed by atoms with Gasteiger partial charge in [-0.05, 0) is 7.05 Å². The lowest BCUT2D eigenvalue weighted by atomic mass is 9.77. The molecule has 6 nitrogen and oxygen atoms in total. The molecule has 0 spiro atoms. The van der Waals surface area contributed by atoms with Crippen molar-refractivity contribution in [3.63, 3.8) is 0 Å². The van der Waals surface area contributed by atoms with Crippen molar-refractivity contribution in [1.82, 2.24) is 5.32 Å². The van der Waals surface area contributed by atoms with Gasteiger partial charge in [0.1, 0.15) is 12.2 Å². The van der Waals surface area contributed by atoms with Gasteiger partial charge < -0.3 is 30.8 Å². The van der Waals surface area contributed by atoms with Crippen molar-refractivity contribution < 1.29 is 25.5 Å². The number of hydrogen-bond donors (Lipinski definition) is 6. The maximum atomic E-state index is 9.53. The summed E-state index contributed by atoms with van der Waals surface area (Å²) >= 11 is 0. The Morgan fingerprint density at radius 1 is 0.929 bits per heavy atom. The molecule has 14 heavy (non-hydrogen) atoms. The topological polar surface area (TPSA) is 113 Å². The number of likely N-dealkylation sites (N-methyl/N-ethyl adjacent to an activating group) is 1. The van der Waals surface area contributed by atoms with Gasteiger partial charge in [-0.1, -0.05) is 0 Å². The van der Waals surface area contributed by atoms with Gasteiger partial charge in [-0.15, -0.1) is 0 Å². The van der Waals surface area contributed by atoms with Crippen LogP contribution in [0, 0.1) is 5.92 Å². The van der Waals surface area contributed by atoms with Crippen LogP contribution in [0.2, 0.25) is 0 Å². The summed E-state index contributed by atoms with van der Waals surface area (Å²) in [6.07, 6.45) is -5.26. The Bertz CT molecular complexity index is 171. The molecule has 1 rings (SSSR count). The monoisotopic (exact) mass is 207 g/mol. The highest BCUT2D eigenvalue weighted by Crippen LogP contribution is 2.25. The fraction of sp³-hybridized carbons (Fsp3) is 1.00. The summed E-state index contributed by atoms with van der Waals surface area (Å²) in [6.45, 7) is -0.368. The van der Waals surface area contributed by atoms with Crippen molar-refractivity contribution in [2.45, 2.75) is 30.5 Å². The van der Waals surface area contributed by atoms with Crippen LogP contribution in [0.25, 0.3) is 0 Å². The SMILES string of the molecule is CNC1C(O)C(O)C(O)C(O)C1CO. The first-order chi connectivity index (χ1) is 6.54. The van der Waals surface area contributed by atoms with E-state index in [9.17, 15) is 20.4 Å². The molecule has 0 aliphatic heterocycles. The van der Waals surface area contributed by atoms with Crippen LogP contribution in [0.15, 0.2) is 0 Å². The fourth-order valence-corrected chi connectivity index (χ4v) is 1.94. The molecule has 0 heterocycles. The van der Waals surface area contributed by atoms with Crippen LogP contribution < -0.4 is 5.32 Å². The van der Waals surface area contributed by atoms with Crippen LogP contribution in [0.5, 0.6) is 0 Å². The largest absolute Gasteiger partial charge is 0.396 e. The molecule has 0 aromatic rings. The van der Waals surface area contributed by atoms with Crippen LogP contribution in [-0.4, -0.2) is 69.6 Å². The van der Waals surface area contributed by atoms with E-state index < -0.39 is 36.4 Å². The molecule has 84 valence electrons. The lowest BCUT2D eigenvalue weighted by Crippen LogP contribution is -2.65. The number of nitrogens with one attached hydrogen (secondary N) is 1. The smallest absolute Gasteiger partial charge is 0.110 e. The van der Waals surface area contributed by atoms with Crippen LogP contribution in [0.1, 0.15) is 0 Å². The van der Waals surface area contributed by atoms with Gasteiger partial charge in [-0.25, -0.2) is 0 Å². The van der Waals surface area contributed by atoms with E-state index in [0.29, 0.717) is 0 Å². The number of aliphatic hydroxyl groups excluding tert-OH is 5. The average molecular weight is 207 g/mol. The first kappa shape index (κ1) is 11.8. The molecule has 6 heteroatoms. The van der Waals surface area contributed by atoms with E-state index in [1.165, 1.54) is 0 Å². The summed E-state index contributed by atoms with van der Waals surface area (Å²) in [5.74, 6) is -0.687. The lowest BCUT2D eigenvalue weighted by Gasteiger charge is -2.43. The molecule has 0 bridgehead atoms. The second-order valence-corrected chi connectivity index (χ2v) is 3.62. The third kappa shape index (κ3) is 1.77. The molecule has 0 saturated heterocycles.